The van der Waals surface area contributed by atoms with Gasteiger partial charge in [-0.1, -0.05) is 43.3 Å². The van der Waals surface area contributed by atoms with Crippen molar-refractivity contribution in [2.24, 2.45) is 34.0 Å². The number of ether oxygens (including phenoxy) is 5. The molecule has 1 N–H and O–H groups in total. The number of nitrogens with one attached hydrogen (secondary N) is 1. The maximum atomic E-state index is 14.2. The molecule has 18 heteroatoms. The van der Waals surface area contributed by atoms with E-state index in [9.17, 15) is 42.1 Å². The molecule has 2 aromatic rings. The van der Waals surface area contributed by atoms with Crippen molar-refractivity contribution in [3.8, 4) is 5.88 Å². The maximum Gasteiger partial charge on any atom is 0.404 e. The van der Waals surface area contributed by atoms with Gasteiger partial charge in [-0.3, -0.25) is 24.0 Å². The van der Waals surface area contributed by atoms with E-state index in [0.29, 0.717) is 25.7 Å². The van der Waals surface area contributed by atoms with E-state index in [0.717, 1.165) is 6.29 Å². The number of fused-ring (bicyclic) bond motifs is 2. The number of cyclic esters (lactones) is 1. The number of H-pyrrole nitrogens is 1. The minimum atomic E-state index is -4.32. The number of carbonyl (C=O) groups is 6. The molecule has 2 bridgehead atoms. The van der Waals surface area contributed by atoms with Crippen LogP contribution in [0.3, 0.4) is 0 Å². The van der Waals surface area contributed by atoms with Gasteiger partial charge in [-0.15, -0.1) is 0 Å². The summed E-state index contributed by atoms with van der Waals surface area (Å²) >= 11 is 0. The Labute approximate surface area is 315 Å². The molecule has 1 aromatic heterocycles. The van der Waals surface area contributed by atoms with Gasteiger partial charge >= 0.3 is 34.8 Å². The number of esters is 4. The van der Waals surface area contributed by atoms with E-state index < -0.39 is 96.6 Å². The lowest BCUT2D eigenvalue weighted by atomic mass is 9.43. The normalized spacial score (nSPS) is 29.5. The standard InChI is InChI=1S/C37H43N2O15S/c1-21-24-13-14-25-36(26(19-40)35(3,4)16-15-27(36)52-22(2)41)20-51-34(45)37(25,30(21)44)31(24)53-29(43)12-8-11-28(42)49-17-18-50-32-33(39(46)54-38-32)55(47,48)23-9-6-5-7-10-23/h5-7,9-10,19,24-27,31,38H,1,8,11-18,20H2,2-4H3/q+1/t24-,25-,26+,27-,31+,36-,37-/m0/s1. The van der Waals surface area contributed by atoms with Gasteiger partial charge in [-0.05, 0) is 71.2 Å². The van der Waals surface area contributed by atoms with Gasteiger partial charge in [0.25, 0.3) is 9.84 Å². The van der Waals surface area contributed by atoms with Crippen molar-refractivity contribution in [1.82, 2.24) is 5.16 Å². The van der Waals surface area contributed by atoms with Crippen LogP contribution in [0.15, 0.2) is 57.0 Å². The molecule has 296 valence electrons. The van der Waals surface area contributed by atoms with Crippen LogP contribution in [0.4, 0.5) is 0 Å². The molecule has 6 rings (SSSR count). The summed E-state index contributed by atoms with van der Waals surface area (Å²) in [5.41, 5.74) is -3.76. The van der Waals surface area contributed by atoms with Crippen LogP contribution in [0, 0.1) is 38.9 Å². The van der Waals surface area contributed by atoms with Gasteiger partial charge in [0.05, 0.1) is 10.3 Å². The molecule has 0 amide bonds. The van der Waals surface area contributed by atoms with Gasteiger partial charge < -0.3 is 28.5 Å². The quantitative estimate of drug-likeness (QED) is 0.0767. The van der Waals surface area contributed by atoms with E-state index in [4.69, 9.17) is 23.7 Å². The van der Waals surface area contributed by atoms with Crippen molar-refractivity contribution in [2.45, 2.75) is 87.8 Å². The minimum absolute atomic E-state index is 0.0310. The molecule has 1 saturated heterocycles. The zero-order valence-electron chi connectivity index (χ0n) is 30.6. The van der Waals surface area contributed by atoms with Crippen molar-refractivity contribution >= 4 is 45.8 Å². The predicted molar refractivity (Wildman–Crippen MR) is 183 cm³/mol. The second-order valence-corrected chi connectivity index (χ2v) is 17.0. The molecule has 0 unspecified atom stereocenters. The van der Waals surface area contributed by atoms with E-state index in [2.05, 4.69) is 16.4 Å². The Hall–Kier alpha value is -5.13. The first-order valence-corrected chi connectivity index (χ1v) is 19.5. The average molecular weight is 788 g/mol. The highest BCUT2D eigenvalue weighted by molar-refractivity contribution is 7.91. The van der Waals surface area contributed by atoms with Crippen molar-refractivity contribution in [1.29, 1.82) is 0 Å². The lowest BCUT2D eigenvalue weighted by Crippen LogP contribution is -2.71. The molecule has 1 aromatic carbocycles. The van der Waals surface area contributed by atoms with Crippen LogP contribution in [-0.4, -0.2) is 81.5 Å². The second kappa shape index (κ2) is 14.8. The Morgan fingerprint density at radius 1 is 1.04 bits per heavy atom. The Morgan fingerprint density at radius 2 is 1.75 bits per heavy atom. The topological polar surface area (TPSA) is 235 Å². The van der Waals surface area contributed by atoms with Crippen LogP contribution in [0.2, 0.25) is 0 Å². The molecule has 55 heavy (non-hydrogen) atoms. The molecule has 4 aliphatic rings. The molecule has 2 heterocycles. The van der Waals surface area contributed by atoms with E-state index in [-0.39, 0.29) is 54.2 Å². The lowest BCUT2D eigenvalue weighted by molar-refractivity contribution is -0.744. The third-order valence-corrected chi connectivity index (χ3v) is 13.4. The highest BCUT2D eigenvalue weighted by atomic mass is 32.2. The van der Waals surface area contributed by atoms with Crippen molar-refractivity contribution in [3.63, 3.8) is 0 Å². The van der Waals surface area contributed by atoms with Crippen LogP contribution in [-0.2, 0) is 57.6 Å². The van der Waals surface area contributed by atoms with Crippen LogP contribution < -0.4 is 9.34 Å². The van der Waals surface area contributed by atoms with Crippen molar-refractivity contribution < 1.29 is 70.1 Å². The number of hydrogen-bond acceptors (Lipinski definition) is 15. The molecular weight excluding hydrogens is 744 g/mol. The summed E-state index contributed by atoms with van der Waals surface area (Å²) in [6, 6.07) is 7.14. The second-order valence-electron chi connectivity index (χ2n) is 15.1. The molecule has 17 nitrogen and oxygen atoms in total. The number of Topliss-reactive ketones (excluding diaryl/α,β-unsaturated/α-hetero) is 1. The van der Waals surface area contributed by atoms with Crippen molar-refractivity contribution in [2.75, 3.05) is 19.8 Å². The number of carbonyl (C=O) groups excluding carboxylic acids is 6. The zero-order chi connectivity index (χ0) is 39.9. The van der Waals surface area contributed by atoms with Gasteiger partial charge in [0.1, 0.15) is 38.3 Å². The van der Waals surface area contributed by atoms with Crippen LogP contribution in [0.25, 0.3) is 0 Å². The van der Waals surface area contributed by atoms with Gasteiger partial charge in [-0.25, -0.2) is 8.42 Å². The first kappa shape index (κ1) is 39.6. The van der Waals surface area contributed by atoms with E-state index in [1.54, 1.807) is 6.07 Å². The summed E-state index contributed by atoms with van der Waals surface area (Å²) in [5, 5.41) is 1.26. The van der Waals surface area contributed by atoms with Gasteiger partial charge in [-0.2, -0.15) is 0 Å². The fourth-order valence-corrected chi connectivity index (χ4v) is 10.6. The molecule has 3 saturated carbocycles. The monoisotopic (exact) mass is 787 g/mol. The Kier molecular flexibility index (Phi) is 10.7. The number of aromatic amines is 1. The van der Waals surface area contributed by atoms with E-state index in [1.807, 2.05) is 13.8 Å². The molecule has 0 radical (unpaired) electrons. The fraction of sp³-hybridized carbons (Fsp3) is 0.568. The number of hydrogen-bond donors (Lipinski definition) is 1. The number of sulfone groups is 1. The Balaban J connectivity index is 1.09. The summed E-state index contributed by atoms with van der Waals surface area (Å²) in [5.74, 6) is -6.43. The SMILES string of the molecule is C=C1C(=O)[C@@]23C(=O)OC[C@]4([C@@H](OC(C)=O)CCC(C)(C)[C@H]4C=O)[C@@H]2CC[C@@H]1[C@H]3OC(=O)CCCC(=O)OCCOc1[nH]o[n+](=O)c1S(=O)(=O)c1ccccc1. The van der Waals surface area contributed by atoms with Crippen LogP contribution in [0.5, 0.6) is 5.88 Å². The van der Waals surface area contributed by atoms with Gasteiger partial charge in [0.2, 0.25) is 4.60 Å². The highest BCUT2D eigenvalue weighted by Crippen LogP contribution is 2.68. The summed E-state index contributed by atoms with van der Waals surface area (Å²) in [6.07, 6.45) is -0.378. The molecule has 3 aliphatic carbocycles. The molecule has 7 atom stereocenters. The van der Waals surface area contributed by atoms with Crippen molar-refractivity contribution in [3.05, 3.63) is 47.4 Å². The predicted octanol–water partition coefficient (Wildman–Crippen LogP) is 2.62. The summed E-state index contributed by atoms with van der Waals surface area (Å²) in [6.45, 7) is 8.08. The lowest BCUT2D eigenvalue weighted by Gasteiger charge is -2.62. The Morgan fingerprint density at radius 3 is 2.44 bits per heavy atom. The number of rotatable bonds is 13. The van der Waals surface area contributed by atoms with E-state index >= 15 is 0 Å². The zero-order valence-corrected chi connectivity index (χ0v) is 31.4. The van der Waals surface area contributed by atoms with E-state index in [1.165, 1.54) is 31.2 Å². The van der Waals surface area contributed by atoms with Crippen LogP contribution in [0.1, 0.15) is 65.7 Å². The van der Waals surface area contributed by atoms with Gasteiger partial charge in [0, 0.05) is 31.6 Å². The first-order valence-electron chi connectivity index (χ1n) is 18.0. The fourth-order valence-electron chi connectivity index (χ4n) is 9.33. The third kappa shape index (κ3) is 6.57. The summed E-state index contributed by atoms with van der Waals surface area (Å²) in [7, 11) is -4.32. The average Bonchev–Trinajstić information content (AvgIpc) is 3.57. The molecule has 1 aliphatic heterocycles. The third-order valence-electron chi connectivity index (χ3n) is 11.7. The number of aromatic nitrogens is 2. The number of nitrogens with zero attached hydrogens (tertiary/aromatic N) is 1. The molecule has 2 spiro atoms. The van der Waals surface area contributed by atoms with Gasteiger partial charge in [0.15, 0.2) is 11.2 Å². The number of benzene rings is 1. The summed E-state index contributed by atoms with van der Waals surface area (Å²) < 4.78 is 58.1. The molecule has 4 fully saturated rings. The largest absolute Gasteiger partial charge is 0.464 e. The number of ketones is 1. The maximum absolute atomic E-state index is 14.2. The smallest absolute Gasteiger partial charge is 0.404 e. The highest BCUT2D eigenvalue weighted by Gasteiger charge is 2.79. The minimum Gasteiger partial charge on any atom is -0.464 e. The Bertz CT molecular complexity index is 2070. The van der Waals surface area contributed by atoms with Crippen LogP contribution >= 0.6 is 0 Å². The first-order chi connectivity index (χ1) is 26.0. The summed E-state index contributed by atoms with van der Waals surface area (Å²) in [4.78, 5) is 91.1. The molecular formula is C37H43N2O15S+. The number of aldehydes is 1.